The first kappa shape index (κ1) is 11.7. The van der Waals surface area contributed by atoms with E-state index in [9.17, 15) is 9.90 Å². The van der Waals surface area contributed by atoms with Crippen LogP contribution in [0, 0.1) is 0 Å². The molecule has 1 aromatic heterocycles. The van der Waals surface area contributed by atoms with Crippen LogP contribution in [0.25, 0.3) is 11.0 Å². The van der Waals surface area contributed by atoms with E-state index in [2.05, 4.69) is 0 Å². The van der Waals surface area contributed by atoms with Crippen molar-refractivity contribution in [3.05, 3.63) is 36.1 Å². The van der Waals surface area contributed by atoms with E-state index in [0.29, 0.717) is 17.8 Å². The number of furan rings is 1. The van der Waals surface area contributed by atoms with Gasteiger partial charge in [0.05, 0.1) is 25.4 Å². The molecule has 4 nitrogen and oxygen atoms in total. The second-order valence-corrected chi connectivity index (χ2v) is 3.71. The first-order valence-electron chi connectivity index (χ1n) is 5.52. The predicted octanol–water partition coefficient (Wildman–Crippen LogP) is 2.42. The van der Waals surface area contributed by atoms with Crippen LogP contribution in [0.4, 0.5) is 0 Å². The molecule has 0 unspecified atom stereocenters. The minimum absolute atomic E-state index is 0.0582. The Kier molecular flexibility index (Phi) is 3.44. The Morgan fingerprint density at radius 3 is 3.00 bits per heavy atom. The van der Waals surface area contributed by atoms with Crippen molar-refractivity contribution in [2.75, 3.05) is 6.61 Å². The minimum Gasteiger partial charge on any atom is -0.466 e. The van der Waals surface area contributed by atoms with Crippen molar-refractivity contribution in [1.29, 1.82) is 0 Å². The Labute approximate surface area is 98.8 Å². The van der Waals surface area contributed by atoms with E-state index >= 15 is 0 Å². The molecule has 0 spiro atoms. The molecule has 0 saturated carbocycles. The van der Waals surface area contributed by atoms with Gasteiger partial charge in [0.2, 0.25) is 0 Å². The minimum atomic E-state index is -0.891. The van der Waals surface area contributed by atoms with Crippen LogP contribution in [-0.4, -0.2) is 17.7 Å². The molecule has 0 aliphatic rings. The van der Waals surface area contributed by atoms with Gasteiger partial charge < -0.3 is 14.3 Å². The highest BCUT2D eigenvalue weighted by atomic mass is 16.5. The molecule has 2 rings (SSSR count). The van der Waals surface area contributed by atoms with Gasteiger partial charge in [-0.3, -0.25) is 4.79 Å². The zero-order valence-electron chi connectivity index (χ0n) is 9.55. The fraction of sp³-hybridized carbons (Fsp3) is 0.308. The van der Waals surface area contributed by atoms with Crippen LogP contribution < -0.4 is 0 Å². The lowest BCUT2D eigenvalue weighted by Crippen LogP contribution is -2.09. The van der Waals surface area contributed by atoms with Crippen LogP contribution in [0.2, 0.25) is 0 Å². The lowest BCUT2D eigenvalue weighted by molar-refractivity contribution is -0.145. The second kappa shape index (κ2) is 5.01. The molecule has 1 N–H and O–H groups in total. The zero-order chi connectivity index (χ0) is 12.3. The average molecular weight is 234 g/mol. The van der Waals surface area contributed by atoms with Gasteiger partial charge in [-0.05, 0) is 13.0 Å². The van der Waals surface area contributed by atoms with Gasteiger partial charge in [0.15, 0.2) is 0 Å². The van der Waals surface area contributed by atoms with Crippen molar-refractivity contribution in [3.63, 3.8) is 0 Å². The first-order valence-corrected chi connectivity index (χ1v) is 5.52. The van der Waals surface area contributed by atoms with E-state index in [0.717, 1.165) is 5.39 Å². The number of hydrogen-bond acceptors (Lipinski definition) is 4. The molecule has 0 fully saturated rings. The van der Waals surface area contributed by atoms with Crippen molar-refractivity contribution < 1.29 is 19.1 Å². The molecule has 0 amide bonds. The Morgan fingerprint density at radius 1 is 1.47 bits per heavy atom. The van der Waals surface area contributed by atoms with E-state index in [4.69, 9.17) is 9.15 Å². The van der Waals surface area contributed by atoms with Crippen LogP contribution in [-0.2, 0) is 9.53 Å². The number of aliphatic hydroxyl groups excluding tert-OH is 1. The van der Waals surface area contributed by atoms with Crippen molar-refractivity contribution in [2.45, 2.75) is 19.4 Å². The lowest BCUT2D eigenvalue weighted by atomic mass is 10.1. The van der Waals surface area contributed by atoms with Crippen LogP contribution in [0.1, 0.15) is 25.0 Å². The molecule has 1 heterocycles. The number of esters is 1. The maximum atomic E-state index is 11.3. The third-order valence-corrected chi connectivity index (χ3v) is 2.54. The van der Waals surface area contributed by atoms with Gasteiger partial charge in [-0.1, -0.05) is 18.2 Å². The number of benzene rings is 1. The number of hydrogen-bond donors (Lipinski definition) is 1. The summed E-state index contributed by atoms with van der Waals surface area (Å²) >= 11 is 0. The second-order valence-electron chi connectivity index (χ2n) is 3.71. The summed E-state index contributed by atoms with van der Waals surface area (Å²) in [6, 6.07) is 7.38. The summed E-state index contributed by atoms with van der Waals surface area (Å²) < 4.78 is 10.1. The molecule has 0 radical (unpaired) electrons. The van der Waals surface area contributed by atoms with Gasteiger partial charge in [0.1, 0.15) is 5.58 Å². The van der Waals surface area contributed by atoms with Gasteiger partial charge in [-0.15, -0.1) is 0 Å². The molecule has 4 heteroatoms. The number of rotatable bonds is 4. The maximum absolute atomic E-state index is 11.3. The van der Waals surface area contributed by atoms with E-state index in [1.807, 2.05) is 24.3 Å². The van der Waals surface area contributed by atoms with E-state index in [1.165, 1.54) is 6.26 Å². The largest absolute Gasteiger partial charge is 0.466 e. The SMILES string of the molecule is CCOC(=O)C[C@@H](O)c1coc2ccccc12. The molecule has 90 valence electrons. The van der Waals surface area contributed by atoms with Crippen LogP contribution in [0.15, 0.2) is 34.9 Å². The van der Waals surface area contributed by atoms with Crippen LogP contribution in [0.3, 0.4) is 0 Å². The molecule has 1 atom stereocenters. The van der Waals surface area contributed by atoms with Gasteiger partial charge in [0.25, 0.3) is 0 Å². The van der Waals surface area contributed by atoms with E-state index in [1.54, 1.807) is 6.92 Å². The fourth-order valence-corrected chi connectivity index (χ4v) is 1.74. The Balaban J connectivity index is 2.19. The first-order chi connectivity index (χ1) is 8.22. The van der Waals surface area contributed by atoms with Crippen LogP contribution >= 0.6 is 0 Å². The molecule has 2 aromatic rings. The summed E-state index contributed by atoms with van der Waals surface area (Å²) in [5.74, 6) is -0.412. The summed E-state index contributed by atoms with van der Waals surface area (Å²) in [5, 5.41) is 10.8. The number of carbonyl (C=O) groups excluding carboxylic acids is 1. The number of fused-ring (bicyclic) bond motifs is 1. The molecular formula is C13H14O4. The fourth-order valence-electron chi connectivity index (χ4n) is 1.74. The van der Waals surface area contributed by atoms with Gasteiger partial charge in [-0.25, -0.2) is 0 Å². The normalized spacial score (nSPS) is 12.6. The smallest absolute Gasteiger partial charge is 0.308 e. The molecular weight excluding hydrogens is 220 g/mol. The highest BCUT2D eigenvalue weighted by molar-refractivity contribution is 5.82. The van der Waals surface area contributed by atoms with Gasteiger partial charge in [0, 0.05) is 10.9 Å². The number of aliphatic hydroxyl groups is 1. The molecule has 0 bridgehead atoms. The third-order valence-electron chi connectivity index (χ3n) is 2.54. The summed E-state index contributed by atoms with van der Waals surface area (Å²) in [4.78, 5) is 11.3. The van der Waals surface area contributed by atoms with Gasteiger partial charge in [-0.2, -0.15) is 0 Å². The summed E-state index contributed by atoms with van der Waals surface area (Å²) in [7, 11) is 0. The topological polar surface area (TPSA) is 59.7 Å². The summed E-state index contributed by atoms with van der Waals surface area (Å²) in [6.07, 6.45) is 0.532. The van der Waals surface area contributed by atoms with Crippen molar-refractivity contribution in [2.24, 2.45) is 0 Å². The number of ether oxygens (including phenoxy) is 1. The summed E-state index contributed by atoms with van der Waals surface area (Å²) in [5.41, 5.74) is 1.32. The lowest BCUT2D eigenvalue weighted by Gasteiger charge is -2.08. The van der Waals surface area contributed by atoms with Crippen molar-refractivity contribution in [1.82, 2.24) is 0 Å². The Morgan fingerprint density at radius 2 is 2.24 bits per heavy atom. The number of para-hydroxylation sites is 1. The third kappa shape index (κ3) is 2.47. The average Bonchev–Trinajstić information content (AvgIpc) is 2.72. The highest BCUT2D eigenvalue weighted by Gasteiger charge is 2.18. The van der Waals surface area contributed by atoms with E-state index in [-0.39, 0.29) is 6.42 Å². The van der Waals surface area contributed by atoms with Gasteiger partial charge >= 0.3 is 5.97 Å². The zero-order valence-corrected chi connectivity index (χ0v) is 9.55. The maximum Gasteiger partial charge on any atom is 0.308 e. The van der Waals surface area contributed by atoms with E-state index < -0.39 is 12.1 Å². The molecule has 17 heavy (non-hydrogen) atoms. The quantitative estimate of drug-likeness (QED) is 0.825. The highest BCUT2D eigenvalue weighted by Crippen LogP contribution is 2.28. The number of carbonyl (C=O) groups is 1. The standard InChI is InChI=1S/C13H14O4/c1-2-16-13(15)7-11(14)10-8-17-12-6-4-3-5-9(10)12/h3-6,8,11,14H,2,7H2,1H3/t11-/m1/s1. The molecule has 0 saturated heterocycles. The predicted molar refractivity (Wildman–Crippen MR) is 62.4 cm³/mol. The molecule has 0 aliphatic carbocycles. The Bertz CT molecular complexity index is 515. The Hall–Kier alpha value is -1.81. The molecule has 0 aliphatic heterocycles. The monoisotopic (exact) mass is 234 g/mol. The van der Waals surface area contributed by atoms with Crippen LogP contribution in [0.5, 0.6) is 0 Å². The summed E-state index contributed by atoms with van der Waals surface area (Å²) in [6.45, 7) is 2.05. The molecule has 1 aromatic carbocycles. The van der Waals surface area contributed by atoms with Crippen molar-refractivity contribution in [3.8, 4) is 0 Å². The van der Waals surface area contributed by atoms with Crippen molar-refractivity contribution >= 4 is 16.9 Å².